The summed E-state index contributed by atoms with van der Waals surface area (Å²) in [5, 5.41) is 7.17. The lowest BCUT2D eigenvalue weighted by Crippen LogP contribution is -2.38. The zero-order valence-electron chi connectivity index (χ0n) is 8.93. The van der Waals surface area contributed by atoms with Crippen LogP contribution in [0.1, 0.15) is 26.0 Å². The van der Waals surface area contributed by atoms with Gasteiger partial charge in [-0.25, -0.2) is 4.98 Å². The third kappa shape index (κ3) is 3.21. The summed E-state index contributed by atoms with van der Waals surface area (Å²) in [6.07, 6.45) is 1.21. The van der Waals surface area contributed by atoms with Crippen LogP contribution in [0.5, 0.6) is 0 Å². The van der Waals surface area contributed by atoms with Gasteiger partial charge in [-0.05, 0) is 13.3 Å². The van der Waals surface area contributed by atoms with E-state index in [2.05, 4.69) is 29.1 Å². The first-order valence-electron chi connectivity index (χ1n) is 5.08. The molecular weight excluding hydrogens is 226 g/mol. The van der Waals surface area contributed by atoms with Gasteiger partial charge in [0.15, 0.2) is 5.17 Å². The van der Waals surface area contributed by atoms with Gasteiger partial charge in [0.1, 0.15) is 0 Å². The zero-order chi connectivity index (χ0) is 10.7. The Morgan fingerprint density at radius 3 is 3.13 bits per heavy atom. The summed E-state index contributed by atoms with van der Waals surface area (Å²) in [6, 6.07) is 0.537. The van der Waals surface area contributed by atoms with Gasteiger partial charge in [0.05, 0.1) is 17.7 Å². The molecule has 1 saturated heterocycles. The van der Waals surface area contributed by atoms with Crippen LogP contribution in [-0.2, 0) is 6.54 Å². The molecule has 2 atom stereocenters. The van der Waals surface area contributed by atoms with Gasteiger partial charge >= 0.3 is 0 Å². The van der Waals surface area contributed by atoms with Crippen LogP contribution in [0.2, 0.25) is 0 Å². The lowest BCUT2D eigenvalue weighted by atomic mass is 10.2. The molecule has 0 aliphatic carbocycles. The standard InChI is InChI=1S/C10H15N3S2/c1-7-3-8(2)15-10(13-7)11-4-9-5-14-6-12-9/h5-8H,3-4H2,1-2H3,(H,11,13). The van der Waals surface area contributed by atoms with Crippen molar-refractivity contribution in [2.45, 2.75) is 38.1 Å². The SMILES string of the molecule is CC1CC(C)SC(=NCc2cscn2)N1. The van der Waals surface area contributed by atoms with E-state index in [1.165, 1.54) is 6.42 Å². The van der Waals surface area contributed by atoms with Gasteiger partial charge < -0.3 is 5.32 Å². The fourth-order valence-corrected chi connectivity index (χ4v) is 3.32. The minimum absolute atomic E-state index is 0.537. The van der Waals surface area contributed by atoms with Crippen LogP contribution in [0.25, 0.3) is 0 Å². The van der Waals surface area contributed by atoms with Crippen molar-refractivity contribution in [2.75, 3.05) is 0 Å². The van der Waals surface area contributed by atoms with Gasteiger partial charge in [-0.1, -0.05) is 18.7 Å². The predicted molar refractivity (Wildman–Crippen MR) is 67.5 cm³/mol. The number of thiazole rings is 1. The Balaban J connectivity index is 1.94. The normalized spacial score (nSPS) is 29.1. The summed E-state index contributed by atoms with van der Waals surface area (Å²) >= 11 is 3.45. The van der Waals surface area contributed by atoms with E-state index < -0.39 is 0 Å². The van der Waals surface area contributed by atoms with E-state index in [9.17, 15) is 0 Å². The number of hydrogen-bond acceptors (Lipinski definition) is 4. The van der Waals surface area contributed by atoms with Crippen LogP contribution in [0.3, 0.4) is 0 Å². The average Bonchev–Trinajstić information content (AvgIpc) is 2.65. The van der Waals surface area contributed by atoms with E-state index in [4.69, 9.17) is 0 Å². The third-order valence-corrected chi connectivity index (χ3v) is 3.94. The van der Waals surface area contributed by atoms with Crippen molar-refractivity contribution in [3.8, 4) is 0 Å². The van der Waals surface area contributed by atoms with Crippen molar-refractivity contribution in [2.24, 2.45) is 4.99 Å². The summed E-state index contributed by atoms with van der Waals surface area (Å²) in [4.78, 5) is 8.75. The molecule has 0 saturated carbocycles. The molecule has 1 aliphatic rings. The first-order valence-corrected chi connectivity index (χ1v) is 6.91. The van der Waals surface area contributed by atoms with Crippen LogP contribution in [0, 0.1) is 0 Å². The van der Waals surface area contributed by atoms with Crippen molar-refractivity contribution < 1.29 is 0 Å². The number of nitrogens with zero attached hydrogens (tertiary/aromatic N) is 2. The van der Waals surface area contributed by atoms with Gasteiger partial charge in [0.2, 0.25) is 0 Å². The van der Waals surface area contributed by atoms with Gasteiger partial charge in [-0.15, -0.1) is 11.3 Å². The third-order valence-electron chi connectivity index (χ3n) is 2.24. The molecule has 5 heteroatoms. The van der Waals surface area contributed by atoms with Crippen molar-refractivity contribution in [1.82, 2.24) is 10.3 Å². The Morgan fingerprint density at radius 1 is 1.60 bits per heavy atom. The van der Waals surface area contributed by atoms with Gasteiger partial charge in [0, 0.05) is 16.7 Å². The highest BCUT2D eigenvalue weighted by molar-refractivity contribution is 8.14. The molecule has 2 unspecified atom stereocenters. The molecule has 0 spiro atoms. The zero-order valence-corrected chi connectivity index (χ0v) is 10.6. The largest absolute Gasteiger partial charge is 0.362 e. The van der Waals surface area contributed by atoms with Crippen molar-refractivity contribution >= 4 is 28.3 Å². The maximum absolute atomic E-state index is 4.54. The van der Waals surface area contributed by atoms with E-state index in [-0.39, 0.29) is 0 Å². The van der Waals surface area contributed by atoms with Gasteiger partial charge in [-0.2, -0.15) is 0 Å². The highest BCUT2D eigenvalue weighted by Crippen LogP contribution is 2.22. The number of hydrogen-bond donors (Lipinski definition) is 1. The van der Waals surface area contributed by atoms with Crippen LogP contribution < -0.4 is 5.32 Å². The minimum Gasteiger partial charge on any atom is -0.362 e. The Hall–Kier alpha value is -0.550. The Labute approximate surface area is 98.4 Å². The van der Waals surface area contributed by atoms with Crippen LogP contribution in [-0.4, -0.2) is 21.4 Å². The van der Waals surface area contributed by atoms with E-state index in [0.29, 0.717) is 17.8 Å². The molecular formula is C10H15N3S2. The number of rotatable bonds is 2. The average molecular weight is 241 g/mol. The van der Waals surface area contributed by atoms with Crippen LogP contribution in [0.4, 0.5) is 0 Å². The Bertz CT molecular complexity index is 322. The molecule has 1 aromatic heterocycles. The molecule has 1 fully saturated rings. The summed E-state index contributed by atoms with van der Waals surface area (Å²) in [6.45, 7) is 5.15. The second kappa shape index (κ2) is 4.99. The number of nitrogens with one attached hydrogen (secondary N) is 1. The molecule has 2 rings (SSSR count). The maximum Gasteiger partial charge on any atom is 0.157 e. The van der Waals surface area contributed by atoms with E-state index in [0.717, 1.165) is 10.9 Å². The van der Waals surface area contributed by atoms with Crippen molar-refractivity contribution in [3.05, 3.63) is 16.6 Å². The summed E-state index contributed by atoms with van der Waals surface area (Å²) in [5.74, 6) is 0. The molecule has 0 amide bonds. The molecule has 1 aromatic rings. The lowest BCUT2D eigenvalue weighted by molar-refractivity contribution is 0.597. The summed E-state index contributed by atoms with van der Waals surface area (Å²) < 4.78 is 0. The predicted octanol–water partition coefficient (Wildman–Crippen LogP) is 2.50. The molecule has 3 nitrogen and oxygen atoms in total. The molecule has 82 valence electrons. The molecule has 2 heterocycles. The van der Waals surface area contributed by atoms with Gasteiger partial charge in [0.25, 0.3) is 0 Å². The van der Waals surface area contributed by atoms with Crippen molar-refractivity contribution in [1.29, 1.82) is 0 Å². The number of thioether (sulfide) groups is 1. The highest BCUT2D eigenvalue weighted by atomic mass is 32.2. The monoisotopic (exact) mass is 241 g/mol. The molecule has 15 heavy (non-hydrogen) atoms. The molecule has 1 aliphatic heterocycles. The fourth-order valence-electron chi connectivity index (χ4n) is 1.59. The summed E-state index contributed by atoms with van der Waals surface area (Å²) in [7, 11) is 0. The highest BCUT2D eigenvalue weighted by Gasteiger charge is 2.19. The van der Waals surface area contributed by atoms with E-state index in [1.807, 2.05) is 22.7 Å². The maximum atomic E-state index is 4.54. The second-order valence-electron chi connectivity index (χ2n) is 3.81. The quantitative estimate of drug-likeness (QED) is 0.864. The lowest BCUT2D eigenvalue weighted by Gasteiger charge is -2.26. The summed E-state index contributed by atoms with van der Waals surface area (Å²) in [5.41, 5.74) is 2.91. The van der Waals surface area contributed by atoms with E-state index >= 15 is 0 Å². The van der Waals surface area contributed by atoms with Crippen LogP contribution >= 0.6 is 23.1 Å². The number of amidine groups is 1. The smallest absolute Gasteiger partial charge is 0.157 e. The number of aromatic nitrogens is 1. The molecule has 1 N–H and O–H groups in total. The van der Waals surface area contributed by atoms with E-state index in [1.54, 1.807) is 11.3 Å². The number of aliphatic imine (C=N–C) groups is 1. The molecule has 0 aromatic carbocycles. The Kier molecular flexibility index (Phi) is 3.64. The topological polar surface area (TPSA) is 37.3 Å². The van der Waals surface area contributed by atoms with Crippen molar-refractivity contribution in [3.63, 3.8) is 0 Å². The fraction of sp³-hybridized carbons (Fsp3) is 0.600. The van der Waals surface area contributed by atoms with Gasteiger partial charge in [-0.3, -0.25) is 4.99 Å². The Morgan fingerprint density at radius 2 is 2.47 bits per heavy atom. The first-order chi connectivity index (χ1) is 7.24. The second-order valence-corrected chi connectivity index (χ2v) is 5.96. The minimum atomic E-state index is 0.537. The first kappa shape index (κ1) is 11.0. The van der Waals surface area contributed by atoms with Crippen LogP contribution in [0.15, 0.2) is 15.9 Å². The molecule has 0 radical (unpaired) electrons. The molecule has 0 bridgehead atoms.